The van der Waals surface area contributed by atoms with Gasteiger partial charge >= 0.3 is 0 Å². The summed E-state index contributed by atoms with van der Waals surface area (Å²) in [5, 5.41) is 8.96. The Bertz CT molecular complexity index is 568. The second-order valence-electron chi connectivity index (χ2n) is 3.31. The molecule has 16 heavy (non-hydrogen) atoms. The molecular weight excluding hydrogens is 226 g/mol. The maximum absolute atomic E-state index is 11.1. The maximum Gasteiger partial charge on any atom is 0.294 e. The van der Waals surface area contributed by atoms with E-state index in [4.69, 9.17) is 9.81 Å². The highest BCUT2D eigenvalue weighted by Crippen LogP contribution is 2.23. The quantitative estimate of drug-likeness (QED) is 0.642. The number of hydrogen-bond acceptors (Lipinski definition) is 3. The number of nitriles is 1. The lowest BCUT2D eigenvalue weighted by Crippen LogP contribution is -2.06. The van der Waals surface area contributed by atoms with Crippen LogP contribution >= 0.6 is 0 Å². The Labute approximate surface area is 94.6 Å². The van der Waals surface area contributed by atoms with Crippen molar-refractivity contribution in [1.29, 1.82) is 5.26 Å². The monoisotopic (exact) mass is 237 g/mol. The molecule has 5 heteroatoms. The number of aryl methyl sites for hydroxylation is 1. The van der Waals surface area contributed by atoms with Crippen LogP contribution in [0.3, 0.4) is 0 Å². The Morgan fingerprint density at radius 1 is 1.56 bits per heavy atom. The van der Waals surface area contributed by atoms with Gasteiger partial charge in [0.05, 0.1) is 16.5 Å². The Kier molecular flexibility index (Phi) is 3.48. The third kappa shape index (κ3) is 2.30. The van der Waals surface area contributed by atoms with E-state index < -0.39 is 10.1 Å². The van der Waals surface area contributed by atoms with E-state index in [0.29, 0.717) is 11.1 Å². The molecule has 0 unspecified atom stereocenters. The van der Waals surface area contributed by atoms with Crippen LogP contribution < -0.4 is 0 Å². The van der Waals surface area contributed by atoms with Crippen LogP contribution in [0, 0.1) is 18.3 Å². The number of nitrogens with zero attached hydrogens (tertiary/aromatic N) is 1. The summed E-state index contributed by atoms with van der Waals surface area (Å²) in [6, 6.07) is 4.73. The molecule has 0 aliphatic rings. The third-order valence-electron chi connectivity index (χ3n) is 2.22. The van der Waals surface area contributed by atoms with Crippen LogP contribution in [0.25, 0.3) is 0 Å². The molecule has 0 heterocycles. The first-order valence-electron chi connectivity index (χ1n) is 4.52. The molecule has 4 nitrogen and oxygen atoms in total. The zero-order chi connectivity index (χ0) is 12.3. The average molecular weight is 237 g/mol. The van der Waals surface area contributed by atoms with Crippen LogP contribution in [0.15, 0.2) is 29.7 Å². The first-order chi connectivity index (χ1) is 7.41. The summed E-state index contributed by atoms with van der Waals surface area (Å²) >= 11 is 0. The van der Waals surface area contributed by atoms with Gasteiger partial charge in [-0.1, -0.05) is 12.1 Å². The molecule has 0 fully saturated rings. The second kappa shape index (κ2) is 4.47. The van der Waals surface area contributed by atoms with Gasteiger partial charge < -0.3 is 0 Å². The predicted octanol–water partition coefficient (Wildman–Crippen LogP) is 1.84. The van der Waals surface area contributed by atoms with Crippen molar-refractivity contribution in [2.75, 3.05) is 0 Å². The second-order valence-corrected chi connectivity index (χ2v) is 4.70. The minimum absolute atomic E-state index is 0.222. The van der Waals surface area contributed by atoms with E-state index in [1.54, 1.807) is 6.92 Å². The molecule has 84 valence electrons. The van der Waals surface area contributed by atoms with Crippen molar-refractivity contribution in [2.24, 2.45) is 0 Å². The van der Waals surface area contributed by atoms with E-state index in [2.05, 4.69) is 6.58 Å². The Morgan fingerprint density at radius 3 is 2.62 bits per heavy atom. The van der Waals surface area contributed by atoms with Crippen molar-refractivity contribution in [3.05, 3.63) is 41.5 Å². The molecule has 0 aromatic heterocycles. The van der Waals surface area contributed by atoms with E-state index in [0.717, 1.165) is 0 Å². The highest BCUT2D eigenvalue weighted by atomic mass is 32.2. The summed E-state index contributed by atoms with van der Waals surface area (Å²) in [7, 11) is -4.30. The largest absolute Gasteiger partial charge is 0.294 e. The standard InChI is InChI=1S/C11H11NO3S/c1-3-4-9-10(7-12)8(2)5-6-11(9)16(13,14)15/h3,5-6H,1,4H2,2H3,(H,13,14,15). The molecule has 0 amide bonds. The third-order valence-corrected chi connectivity index (χ3v) is 3.15. The Hall–Kier alpha value is -1.64. The molecule has 0 saturated carbocycles. The normalized spacial score (nSPS) is 10.8. The van der Waals surface area contributed by atoms with Crippen molar-refractivity contribution in [2.45, 2.75) is 18.2 Å². The molecule has 0 radical (unpaired) electrons. The summed E-state index contributed by atoms with van der Waals surface area (Å²) in [6.07, 6.45) is 1.71. The summed E-state index contributed by atoms with van der Waals surface area (Å²) < 4.78 is 31.3. The lowest BCUT2D eigenvalue weighted by atomic mass is 10.0. The van der Waals surface area contributed by atoms with Crippen molar-refractivity contribution < 1.29 is 13.0 Å². The van der Waals surface area contributed by atoms with Crippen molar-refractivity contribution in [3.63, 3.8) is 0 Å². The van der Waals surface area contributed by atoms with Gasteiger partial charge in [-0.2, -0.15) is 13.7 Å². The molecule has 0 bridgehead atoms. The molecule has 0 aliphatic carbocycles. The highest BCUT2D eigenvalue weighted by Gasteiger charge is 2.18. The summed E-state index contributed by atoms with van der Waals surface area (Å²) in [4.78, 5) is -0.227. The smallest absolute Gasteiger partial charge is 0.282 e. The van der Waals surface area contributed by atoms with Crippen molar-refractivity contribution in [1.82, 2.24) is 0 Å². The lowest BCUT2D eigenvalue weighted by molar-refractivity contribution is 0.482. The van der Waals surface area contributed by atoms with E-state index in [1.807, 2.05) is 6.07 Å². The Morgan fingerprint density at radius 2 is 2.19 bits per heavy atom. The lowest BCUT2D eigenvalue weighted by Gasteiger charge is -2.09. The summed E-state index contributed by atoms with van der Waals surface area (Å²) in [5.74, 6) is 0. The van der Waals surface area contributed by atoms with Crippen LogP contribution in [0.2, 0.25) is 0 Å². The molecule has 0 spiro atoms. The van der Waals surface area contributed by atoms with Crippen molar-refractivity contribution >= 4 is 10.1 Å². The van der Waals surface area contributed by atoms with Gasteiger partial charge in [-0.15, -0.1) is 6.58 Å². The van der Waals surface area contributed by atoms with Crippen LogP contribution in [0.1, 0.15) is 16.7 Å². The van der Waals surface area contributed by atoms with E-state index in [9.17, 15) is 8.42 Å². The van der Waals surface area contributed by atoms with E-state index >= 15 is 0 Å². The maximum atomic E-state index is 11.1. The molecule has 0 aliphatic heterocycles. The minimum Gasteiger partial charge on any atom is -0.282 e. The molecule has 0 atom stereocenters. The van der Waals surface area contributed by atoms with Gasteiger partial charge in [-0.25, -0.2) is 0 Å². The van der Waals surface area contributed by atoms with Crippen LogP contribution in [-0.4, -0.2) is 13.0 Å². The molecular formula is C11H11NO3S. The summed E-state index contributed by atoms with van der Waals surface area (Å²) in [5.41, 5.74) is 1.24. The first-order valence-corrected chi connectivity index (χ1v) is 5.96. The van der Waals surface area contributed by atoms with Crippen LogP contribution in [0.4, 0.5) is 0 Å². The van der Waals surface area contributed by atoms with Crippen molar-refractivity contribution in [3.8, 4) is 6.07 Å². The minimum atomic E-state index is -4.30. The summed E-state index contributed by atoms with van der Waals surface area (Å²) in [6.45, 7) is 5.21. The van der Waals surface area contributed by atoms with Gasteiger partial charge in [0.15, 0.2) is 0 Å². The Balaban J connectivity index is 3.66. The molecule has 1 aromatic rings. The number of benzene rings is 1. The molecule has 0 saturated heterocycles. The molecule has 1 aromatic carbocycles. The van der Waals surface area contributed by atoms with Gasteiger partial charge in [0.25, 0.3) is 10.1 Å². The van der Waals surface area contributed by atoms with Crippen LogP contribution in [-0.2, 0) is 16.5 Å². The van der Waals surface area contributed by atoms with Gasteiger partial charge in [0.2, 0.25) is 0 Å². The number of rotatable bonds is 3. The van der Waals surface area contributed by atoms with Gasteiger partial charge in [0.1, 0.15) is 0 Å². The zero-order valence-corrected chi connectivity index (χ0v) is 9.58. The fraction of sp³-hybridized carbons (Fsp3) is 0.182. The fourth-order valence-electron chi connectivity index (χ4n) is 1.49. The number of allylic oxidation sites excluding steroid dienone is 1. The van der Waals surface area contributed by atoms with Gasteiger partial charge in [0, 0.05) is 0 Å². The first kappa shape index (κ1) is 12.4. The highest BCUT2D eigenvalue weighted by molar-refractivity contribution is 7.85. The fourth-order valence-corrected chi connectivity index (χ4v) is 2.23. The molecule has 1 N–H and O–H groups in total. The van der Waals surface area contributed by atoms with Gasteiger partial charge in [-0.3, -0.25) is 4.55 Å². The number of hydrogen-bond donors (Lipinski definition) is 1. The van der Waals surface area contributed by atoms with Crippen LogP contribution in [0.5, 0.6) is 0 Å². The van der Waals surface area contributed by atoms with E-state index in [1.165, 1.54) is 18.2 Å². The SMILES string of the molecule is C=CCc1c(S(=O)(=O)O)ccc(C)c1C#N. The predicted molar refractivity (Wildman–Crippen MR) is 59.6 cm³/mol. The zero-order valence-electron chi connectivity index (χ0n) is 8.77. The average Bonchev–Trinajstić information content (AvgIpc) is 2.16. The topological polar surface area (TPSA) is 78.2 Å². The van der Waals surface area contributed by atoms with Gasteiger partial charge in [-0.05, 0) is 30.5 Å². The molecule has 1 rings (SSSR count). The van der Waals surface area contributed by atoms with E-state index in [-0.39, 0.29) is 16.9 Å².